The molecule has 0 atom stereocenters. The molecule has 0 bridgehead atoms. The molecule has 0 aromatic rings. The lowest BCUT2D eigenvalue weighted by atomic mass is 10.0. The molecule has 4 heteroatoms. The van der Waals surface area contributed by atoms with Crippen LogP contribution in [0.5, 0.6) is 0 Å². The maximum atomic E-state index is 12.1. The van der Waals surface area contributed by atoms with E-state index in [1.54, 1.807) is 0 Å². The molecule has 0 spiro atoms. The molecule has 114 valence electrons. The van der Waals surface area contributed by atoms with E-state index < -0.39 is 5.54 Å². The maximum Gasteiger partial charge on any atom is 0.222 e. The molecule has 0 N–H and O–H groups in total. The van der Waals surface area contributed by atoms with Crippen LogP contribution in [0.3, 0.4) is 0 Å². The van der Waals surface area contributed by atoms with Crippen molar-refractivity contribution in [1.82, 2.24) is 9.80 Å². The van der Waals surface area contributed by atoms with Gasteiger partial charge in [-0.1, -0.05) is 32.6 Å². The third-order valence-electron chi connectivity index (χ3n) is 4.19. The van der Waals surface area contributed by atoms with Crippen LogP contribution in [0.25, 0.3) is 0 Å². The molecule has 1 amide bonds. The van der Waals surface area contributed by atoms with Crippen LogP contribution in [0, 0.1) is 11.3 Å². The van der Waals surface area contributed by atoms with E-state index in [1.807, 2.05) is 18.7 Å². The molecule has 1 heterocycles. The third-order valence-corrected chi connectivity index (χ3v) is 4.19. The number of hydrogen-bond donors (Lipinski definition) is 0. The molecule has 1 aliphatic rings. The summed E-state index contributed by atoms with van der Waals surface area (Å²) in [7, 11) is 0. The van der Waals surface area contributed by atoms with E-state index in [2.05, 4.69) is 17.9 Å². The maximum absolute atomic E-state index is 12.1. The Bertz CT molecular complexity index is 338. The largest absolute Gasteiger partial charge is 0.340 e. The van der Waals surface area contributed by atoms with Gasteiger partial charge in [-0.25, -0.2) is 0 Å². The average Bonchev–Trinajstić information content (AvgIpc) is 2.47. The number of piperazine rings is 1. The molecule has 1 aliphatic heterocycles. The Morgan fingerprint density at radius 1 is 1.10 bits per heavy atom. The summed E-state index contributed by atoms with van der Waals surface area (Å²) in [6.07, 6.45) is 6.63. The number of carbonyl (C=O) groups is 1. The Labute approximate surface area is 123 Å². The van der Waals surface area contributed by atoms with Crippen molar-refractivity contribution in [3.05, 3.63) is 0 Å². The summed E-state index contributed by atoms with van der Waals surface area (Å²) in [5.74, 6) is 0.288. The monoisotopic (exact) mass is 279 g/mol. The summed E-state index contributed by atoms with van der Waals surface area (Å²) >= 11 is 0. The van der Waals surface area contributed by atoms with Crippen molar-refractivity contribution < 1.29 is 4.79 Å². The third kappa shape index (κ3) is 5.13. The predicted octanol–water partition coefficient (Wildman–Crippen LogP) is 2.79. The topological polar surface area (TPSA) is 47.3 Å². The van der Waals surface area contributed by atoms with Crippen LogP contribution in [0.2, 0.25) is 0 Å². The van der Waals surface area contributed by atoms with Crippen LogP contribution >= 0.6 is 0 Å². The van der Waals surface area contributed by atoms with Gasteiger partial charge in [-0.2, -0.15) is 5.26 Å². The Morgan fingerprint density at radius 3 is 2.25 bits per heavy atom. The minimum Gasteiger partial charge on any atom is -0.340 e. The van der Waals surface area contributed by atoms with Crippen molar-refractivity contribution >= 4 is 5.91 Å². The first-order chi connectivity index (χ1) is 9.51. The summed E-state index contributed by atoms with van der Waals surface area (Å²) in [4.78, 5) is 16.2. The molecule has 1 fully saturated rings. The zero-order chi connectivity index (χ0) is 15.0. The minimum atomic E-state index is -0.421. The van der Waals surface area contributed by atoms with Gasteiger partial charge in [0.1, 0.15) is 5.54 Å². The van der Waals surface area contributed by atoms with Gasteiger partial charge in [0.15, 0.2) is 0 Å². The van der Waals surface area contributed by atoms with Crippen LogP contribution in [0.4, 0.5) is 0 Å². The number of nitriles is 1. The average molecular weight is 279 g/mol. The lowest BCUT2D eigenvalue weighted by molar-refractivity contribution is -0.133. The summed E-state index contributed by atoms with van der Waals surface area (Å²) in [5.41, 5.74) is -0.421. The summed E-state index contributed by atoms with van der Waals surface area (Å²) < 4.78 is 0. The number of carbonyl (C=O) groups excluding carboxylic acids is 1. The fraction of sp³-hybridized carbons (Fsp3) is 0.875. The van der Waals surface area contributed by atoms with Crippen LogP contribution in [-0.4, -0.2) is 47.4 Å². The highest BCUT2D eigenvalue weighted by atomic mass is 16.2. The SMILES string of the molecule is CCCCCCCC(=O)N1CCN(C(C)(C)C#N)CC1. The van der Waals surface area contributed by atoms with Crippen molar-refractivity contribution in [2.45, 2.75) is 64.8 Å². The van der Waals surface area contributed by atoms with Crippen molar-refractivity contribution in [1.29, 1.82) is 5.26 Å². The molecule has 1 saturated heterocycles. The van der Waals surface area contributed by atoms with E-state index in [0.29, 0.717) is 6.42 Å². The second-order valence-corrected chi connectivity index (χ2v) is 6.20. The normalized spacial score (nSPS) is 17.0. The van der Waals surface area contributed by atoms with Gasteiger partial charge >= 0.3 is 0 Å². The van der Waals surface area contributed by atoms with Crippen molar-refractivity contribution in [3.8, 4) is 6.07 Å². The number of unbranched alkanes of at least 4 members (excludes halogenated alkanes) is 4. The lowest BCUT2D eigenvalue weighted by Crippen LogP contribution is -2.55. The smallest absolute Gasteiger partial charge is 0.222 e. The first-order valence-electron chi connectivity index (χ1n) is 7.95. The molecule has 0 aromatic heterocycles. The fourth-order valence-corrected chi connectivity index (χ4v) is 2.62. The number of rotatable bonds is 7. The Hall–Kier alpha value is -1.08. The van der Waals surface area contributed by atoms with Gasteiger partial charge in [0, 0.05) is 32.6 Å². The zero-order valence-corrected chi connectivity index (χ0v) is 13.3. The fourth-order valence-electron chi connectivity index (χ4n) is 2.62. The molecule has 4 nitrogen and oxygen atoms in total. The highest BCUT2D eigenvalue weighted by Crippen LogP contribution is 2.16. The highest BCUT2D eigenvalue weighted by molar-refractivity contribution is 5.76. The second kappa shape index (κ2) is 8.26. The summed E-state index contributed by atoms with van der Waals surface area (Å²) in [6, 6.07) is 2.33. The van der Waals surface area contributed by atoms with Gasteiger partial charge in [-0.15, -0.1) is 0 Å². The quantitative estimate of drug-likeness (QED) is 0.673. The predicted molar refractivity (Wildman–Crippen MR) is 81.2 cm³/mol. The molecule has 0 radical (unpaired) electrons. The van der Waals surface area contributed by atoms with E-state index in [4.69, 9.17) is 5.26 Å². The van der Waals surface area contributed by atoms with E-state index in [9.17, 15) is 4.79 Å². The van der Waals surface area contributed by atoms with E-state index in [1.165, 1.54) is 25.7 Å². The molecular formula is C16H29N3O. The van der Waals surface area contributed by atoms with Crippen LogP contribution in [0.15, 0.2) is 0 Å². The van der Waals surface area contributed by atoms with Crippen LogP contribution in [0.1, 0.15) is 59.3 Å². The van der Waals surface area contributed by atoms with Crippen molar-refractivity contribution in [2.24, 2.45) is 0 Å². The van der Waals surface area contributed by atoms with Crippen molar-refractivity contribution in [2.75, 3.05) is 26.2 Å². The van der Waals surface area contributed by atoms with Gasteiger partial charge in [0.05, 0.1) is 6.07 Å². The molecule has 0 saturated carbocycles. The van der Waals surface area contributed by atoms with Gasteiger partial charge in [0.25, 0.3) is 0 Å². The summed E-state index contributed by atoms with van der Waals surface area (Å²) in [5, 5.41) is 9.14. The van der Waals surface area contributed by atoms with Crippen molar-refractivity contribution in [3.63, 3.8) is 0 Å². The second-order valence-electron chi connectivity index (χ2n) is 6.20. The Morgan fingerprint density at radius 2 is 1.70 bits per heavy atom. The van der Waals surface area contributed by atoms with E-state index in [-0.39, 0.29) is 5.91 Å². The number of amides is 1. The lowest BCUT2D eigenvalue weighted by Gasteiger charge is -2.40. The van der Waals surface area contributed by atoms with E-state index >= 15 is 0 Å². The summed E-state index contributed by atoms with van der Waals surface area (Å²) in [6.45, 7) is 9.23. The number of hydrogen-bond acceptors (Lipinski definition) is 3. The highest BCUT2D eigenvalue weighted by Gasteiger charge is 2.30. The molecule has 20 heavy (non-hydrogen) atoms. The van der Waals surface area contributed by atoms with Gasteiger partial charge in [-0.05, 0) is 20.3 Å². The van der Waals surface area contributed by atoms with E-state index in [0.717, 1.165) is 32.6 Å². The Balaban J connectivity index is 2.24. The zero-order valence-electron chi connectivity index (χ0n) is 13.3. The number of nitrogens with zero attached hydrogens (tertiary/aromatic N) is 3. The molecule has 0 unspecified atom stereocenters. The molecule has 1 rings (SSSR count). The first-order valence-corrected chi connectivity index (χ1v) is 7.95. The van der Waals surface area contributed by atoms with Crippen LogP contribution < -0.4 is 0 Å². The first kappa shape index (κ1) is 17.0. The molecule has 0 aliphatic carbocycles. The van der Waals surface area contributed by atoms with Crippen LogP contribution in [-0.2, 0) is 4.79 Å². The van der Waals surface area contributed by atoms with Gasteiger partial charge in [-0.3, -0.25) is 9.69 Å². The molecule has 0 aromatic carbocycles. The van der Waals surface area contributed by atoms with Gasteiger partial charge < -0.3 is 4.90 Å². The minimum absolute atomic E-state index is 0.288. The standard InChI is InChI=1S/C16H29N3O/c1-4-5-6-7-8-9-15(20)18-10-12-19(13-11-18)16(2,3)14-17/h4-13H2,1-3H3. The molecular weight excluding hydrogens is 250 g/mol. The Kier molecular flexibility index (Phi) is 7.01. The van der Waals surface area contributed by atoms with Gasteiger partial charge in [0.2, 0.25) is 5.91 Å².